The summed E-state index contributed by atoms with van der Waals surface area (Å²) in [4.78, 5) is 10.7. The number of nitriles is 1. The van der Waals surface area contributed by atoms with E-state index in [1.165, 1.54) is 0 Å². The van der Waals surface area contributed by atoms with Crippen LogP contribution in [0.4, 0.5) is 0 Å². The van der Waals surface area contributed by atoms with Gasteiger partial charge in [-0.3, -0.25) is 4.79 Å². The summed E-state index contributed by atoms with van der Waals surface area (Å²) in [6.07, 6.45) is -0.0892. The van der Waals surface area contributed by atoms with Gasteiger partial charge in [-0.2, -0.15) is 5.26 Å². The molecule has 0 aliphatic carbocycles. The lowest BCUT2D eigenvalue weighted by molar-refractivity contribution is -0.121. The van der Waals surface area contributed by atoms with Crippen molar-refractivity contribution in [1.82, 2.24) is 5.32 Å². The number of hydrogen-bond acceptors (Lipinski definition) is 3. The van der Waals surface area contributed by atoms with Crippen LogP contribution in [0.2, 0.25) is 0 Å². The molecule has 4 nitrogen and oxygen atoms in total. The molecule has 0 rings (SSSR count). The Bertz CT molecular complexity index is 162. The van der Waals surface area contributed by atoms with E-state index < -0.39 is 0 Å². The molecule has 62 valence electrons. The van der Waals surface area contributed by atoms with Gasteiger partial charge in [0.25, 0.3) is 0 Å². The number of nitrogens with zero attached hydrogens (tertiary/aromatic N) is 1. The first kappa shape index (κ1) is 9.92. The molecule has 0 heterocycles. The van der Waals surface area contributed by atoms with E-state index in [1.807, 2.05) is 6.92 Å². The maximum Gasteiger partial charge on any atom is 0.234 e. The molecule has 0 aromatic heterocycles. The largest absolute Gasteiger partial charge is 0.383 e. The predicted octanol–water partition coefficient (Wildman–Crippen LogP) is 0.0512. The van der Waals surface area contributed by atoms with E-state index in [4.69, 9.17) is 10.00 Å². The zero-order valence-corrected chi connectivity index (χ0v) is 6.76. The molecule has 0 unspecified atom stereocenters. The van der Waals surface area contributed by atoms with Crippen LogP contribution in [0.5, 0.6) is 0 Å². The summed E-state index contributed by atoms with van der Waals surface area (Å²) in [7, 11) is 1.56. The van der Waals surface area contributed by atoms with E-state index in [-0.39, 0.29) is 18.4 Å². The van der Waals surface area contributed by atoms with Gasteiger partial charge < -0.3 is 10.1 Å². The van der Waals surface area contributed by atoms with Crippen molar-refractivity contribution in [3.8, 4) is 6.07 Å². The summed E-state index contributed by atoms with van der Waals surface area (Å²) in [5, 5.41) is 10.7. The van der Waals surface area contributed by atoms with E-state index in [2.05, 4.69) is 5.32 Å². The van der Waals surface area contributed by atoms with Crippen molar-refractivity contribution in [3.05, 3.63) is 0 Å². The number of hydrogen-bond donors (Lipinski definition) is 1. The van der Waals surface area contributed by atoms with Gasteiger partial charge in [0.1, 0.15) is 6.42 Å². The summed E-state index contributed by atoms with van der Waals surface area (Å²) in [6, 6.07) is 1.74. The zero-order chi connectivity index (χ0) is 8.69. The summed E-state index contributed by atoms with van der Waals surface area (Å²) in [5.41, 5.74) is 0. The molecule has 1 N–H and O–H groups in total. The smallest absolute Gasteiger partial charge is 0.234 e. The minimum Gasteiger partial charge on any atom is -0.383 e. The average Bonchev–Trinajstić information content (AvgIpc) is 1.87. The predicted molar refractivity (Wildman–Crippen MR) is 39.7 cm³/mol. The molecule has 4 heteroatoms. The monoisotopic (exact) mass is 156 g/mol. The van der Waals surface area contributed by atoms with Crippen molar-refractivity contribution in [3.63, 3.8) is 0 Å². The molecule has 0 aromatic carbocycles. The van der Waals surface area contributed by atoms with Gasteiger partial charge in [0.15, 0.2) is 0 Å². The number of ether oxygens (including phenoxy) is 1. The Labute approximate surface area is 66.1 Å². The highest BCUT2D eigenvalue weighted by atomic mass is 16.5. The van der Waals surface area contributed by atoms with Crippen LogP contribution in [0, 0.1) is 11.3 Å². The third-order valence-electron chi connectivity index (χ3n) is 1.06. The van der Waals surface area contributed by atoms with Crippen molar-refractivity contribution in [1.29, 1.82) is 5.26 Å². The van der Waals surface area contributed by atoms with Crippen LogP contribution in [0.25, 0.3) is 0 Å². The second kappa shape index (κ2) is 5.69. The van der Waals surface area contributed by atoms with Gasteiger partial charge in [-0.15, -0.1) is 0 Å². The zero-order valence-electron chi connectivity index (χ0n) is 6.76. The van der Waals surface area contributed by atoms with Crippen LogP contribution >= 0.6 is 0 Å². The second-order valence-electron chi connectivity index (χ2n) is 2.26. The van der Waals surface area contributed by atoms with Gasteiger partial charge in [-0.05, 0) is 6.92 Å². The van der Waals surface area contributed by atoms with Crippen molar-refractivity contribution in [2.24, 2.45) is 0 Å². The summed E-state index contributed by atoms with van der Waals surface area (Å²) >= 11 is 0. The Morgan fingerprint density at radius 2 is 2.45 bits per heavy atom. The number of carbonyl (C=O) groups excluding carboxylic acids is 1. The van der Waals surface area contributed by atoms with Crippen LogP contribution in [0.3, 0.4) is 0 Å². The molecule has 1 atom stereocenters. The van der Waals surface area contributed by atoms with Crippen LogP contribution in [0.15, 0.2) is 0 Å². The van der Waals surface area contributed by atoms with E-state index in [0.717, 1.165) is 0 Å². The van der Waals surface area contributed by atoms with Gasteiger partial charge in [0.2, 0.25) is 5.91 Å². The van der Waals surface area contributed by atoms with Crippen molar-refractivity contribution >= 4 is 5.91 Å². The average molecular weight is 156 g/mol. The fourth-order valence-corrected chi connectivity index (χ4v) is 0.689. The molecule has 0 bridgehead atoms. The standard InChI is InChI=1S/C7H12N2O2/c1-6(5-11-2)9-7(10)3-4-8/h6H,3,5H2,1-2H3,(H,9,10)/t6-/m1/s1. The Kier molecular flexibility index (Phi) is 5.13. The van der Waals surface area contributed by atoms with Gasteiger partial charge in [0.05, 0.1) is 12.7 Å². The first-order valence-corrected chi connectivity index (χ1v) is 3.36. The third-order valence-corrected chi connectivity index (χ3v) is 1.06. The maximum absolute atomic E-state index is 10.7. The van der Waals surface area contributed by atoms with Crippen LogP contribution < -0.4 is 5.32 Å². The molecule has 1 amide bonds. The Hall–Kier alpha value is -1.08. The topological polar surface area (TPSA) is 62.1 Å². The fraction of sp³-hybridized carbons (Fsp3) is 0.714. The van der Waals surface area contributed by atoms with E-state index in [0.29, 0.717) is 6.61 Å². The quantitative estimate of drug-likeness (QED) is 0.625. The Morgan fingerprint density at radius 3 is 2.91 bits per heavy atom. The first-order valence-electron chi connectivity index (χ1n) is 3.36. The minimum atomic E-state index is -0.253. The van der Waals surface area contributed by atoms with Crippen LogP contribution in [-0.4, -0.2) is 25.7 Å². The summed E-state index contributed by atoms with van der Waals surface area (Å²) in [5.74, 6) is -0.253. The molecule has 11 heavy (non-hydrogen) atoms. The van der Waals surface area contributed by atoms with Gasteiger partial charge in [-0.1, -0.05) is 0 Å². The maximum atomic E-state index is 10.7. The Balaban J connectivity index is 3.50. The second-order valence-corrected chi connectivity index (χ2v) is 2.26. The molecule has 0 aromatic rings. The van der Waals surface area contributed by atoms with Crippen LogP contribution in [-0.2, 0) is 9.53 Å². The number of amides is 1. The summed E-state index contributed by atoms with van der Waals surface area (Å²) < 4.78 is 4.79. The number of methoxy groups -OCH3 is 1. The van der Waals surface area contributed by atoms with Crippen molar-refractivity contribution in [2.75, 3.05) is 13.7 Å². The normalized spacial score (nSPS) is 11.7. The number of nitrogens with one attached hydrogen (secondary N) is 1. The SMILES string of the molecule is COC[C@@H](C)NC(=O)CC#N. The van der Waals surface area contributed by atoms with E-state index in [9.17, 15) is 4.79 Å². The molecule has 0 spiro atoms. The van der Waals surface area contributed by atoms with Crippen LogP contribution in [0.1, 0.15) is 13.3 Å². The molecule has 0 fully saturated rings. The molecule has 0 aliphatic rings. The molecule has 0 aliphatic heterocycles. The molecule has 0 saturated carbocycles. The summed E-state index contributed by atoms with van der Waals surface area (Å²) in [6.45, 7) is 2.29. The lowest BCUT2D eigenvalue weighted by Crippen LogP contribution is -2.35. The molecule has 0 saturated heterocycles. The lowest BCUT2D eigenvalue weighted by atomic mass is 10.3. The van der Waals surface area contributed by atoms with Gasteiger partial charge in [0, 0.05) is 13.2 Å². The van der Waals surface area contributed by atoms with Crippen molar-refractivity contribution < 1.29 is 9.53 Å². The van der Waals surface area contributed by atoms with Gasteiger partial charge >= 0.3 is 0 Å². The molecular weight excluding hydrogens is 144 g/mol. The highest BCUT2D eigenvalue weighted by molar-refractivity contribution is 5.78. The first-order chi connectivity index (χ1) is 5.20. The lowest BCUT2D eigenvalue weighted by Gasteiger charge is -2.10. The van der Waals surface area contributed by atoms with Gasteiger partial charge in [-0.25, -0.2) is 0 Å². The highest BCUT2D eigenvalue weighted by Crippen LogP contribution is 1.84. The van der Waals surface area contributed by atoms with E-state index in [1.54, 1.807) is 13.2 Å². The highest BCUT2D eigenvalue weighted by Gasteiger charge is 2.04. The molecule has 0 radical (unpaired) electrons. The fourth-order valence-electron chi connectivity index (χ4n) is 0.689. The number of rotatable bonds is 4. The van der Waals surface area contributed by atoms with E-state index >= 15 is 0 Å². The van der Waals surface area contributed by atoms with Crippen molar-refractivity contribution in [2.45, 2.75) is 19.4 Å². The number of carbonyl (C=O) groups is 1. The Morgan fingerprint density at radius 1 is 1.82 bits per heavy atom. The third kappa shape index (κ3) is 5.37. The molecular formula is C7H12N2O2. The minimum absolute atomic E-state index is 0.0270.